The van der Waals surface area contributed by atoms with E-state index in [0.717, 1.165) is 54.9 Å². The maximum Gasteiger partial charge on any atom is 0.290 e. The lowest BCUT2D eigenvalue weighted by molar-refractivity contribution is -0.122. The largest absolute Gasteiger partial charge is 0.497 e. The van der Waals surface area contributed by atoms with Crippen molar-refractivity contribution in [3.8, 4) is 17.0 Å². The molecule has 2 aromatic heterocycles. The quantitative estimate of drug-likeness (QED) is 0.132. The predicted octanol–water partition coefficient (Wildman–Crippen LogP) is 6.08. The van der Waals surface area contributed by atoms with Gasteiger partial charge in [0.15, 0.2) is 0 Å². The zero-order valence-electron chi connectivity index (χ0n) is 25.6. The number of carbonyl (C=O) groups is 1. The second kappa shape index (κ2) is 15.7. The predicted molar refractivity (Wildman–Crippen MR) is 178 cm³/mol. The van der Waals surface area contributed by atoms with Gasteiger partial charge in [-0.15, -0.1) is 0 Å². The molecular formula is C33H38N6O5S. The first-order chi connectivity index (χ1) is 21.8. The molecule has 0 fully saturated rings. The van der Waals surface area contributed by atoms with Crippen molar-refractivity contribution < 1.29 is 23.1 Å². The molecule has 12 heteroatoms. The number of anilines is 3. The van der Waals surface area contributed by atoms with Gasteiger partial charge < -0.3 is 24.6 Å². The fraction of sp³-hybridized carbons (Fsp3) is 0.242. The number of aryl methyl sites for hydroxylation is 1. The summed E-state index contributed by atoms with van der Waals surface area (Å²) in [4.78, 5) is 20.0. The second-order valence-electron chi connectivity index (χ2n) is 10.0. The van der Waals surface area contributed by atoms with Crippen molar-refractivity contribution in [3.63, 3.8) is 0 Å². The lowest BCUT2D eigenvalue weighted by Gasteiger charge is -2.17. The average Bonchev–Trinajstić information content (AvgIpc) is 3.43. The molecule has 3 N–H and O–H groups in total. The minimum atomic E-state index is -3.73. The summed E-state index contributed by atoms with van der Waals surface area (Å²) >= 11 is 0. The van der Waals surface area contributed by atoms with E-state index in [-0.39, 0.29) is 11.4 Å². The van der Waals surface area contributed by atoms with Crippen LogP contribution in [0.15, 0.2) is 96.3 Å². The van der Waals surface area contributed by atoms with Gasteiger partial charge in [-0.1, -0.05) is 32.0 Å². The van der Waals surface area contributed by atoms with Crippen LogP contribution in [0, 0.1) is 0 Å². The molecule has 5 aromatic rings. The molecule has 0 aliphatic heterocycles. The summed E-state index contributed by atoms with van der Waals surface area (Å²) in [5.74, 6) is 1.24. The van der Waals surface area contributed by atoms with Crippen LogP contribution in [-0.2, 0) is 21.4 Å². The van der Waals surface area contributed by atoms with Crippen molar-refractivity contribution in [3.05, 3.63) is 91.4 Å². The fourth-order valence-electron chi connectivity index (χ4n) is 4.95. The Kier molecular flexibility index (Phi) is 11.5. The van der Waals surface area contributed by atoms with E-state index in [9.17, 15) is 8.42 Å². The monoisotopic (exact) mass is 630 g/mol. The van der Waals surface area contributed by atoms with Crippen molar-refractivity contribution in [1.82, 2.24) is 19.4 Å². The minimum absolute atomic E-state index is 0.157. The number of nitrogens with zero attached hydrogens (tertiary/aromatic N) is 4. The van der Waals surface area contributed by atoms with Crippen molar-refractivity contribution in [1.29, 1.82) is 0 Å². The molecule has 236 valence electrons. The Bertz CT molecular complexity index is 1790. The van der Waals surface area contributed by atoms with Crippen LogP contribution >= 0.6 is 0 Å². The third-order valence-electron chi connectivity index (χ3n) is 7.28. The van der Waals surface area contributed by atoms with Gasteiger partial charge in [0.1, 0.15) is 17.9 Å². The highest BCUT2D eigenvalue weighted by atomic mass is 32.2. The van der Waals surface area contributed by atoms with Crippen LogP contribution in [0.5, 0.6) is 5.75 Å². The van der Waals surface area contributed by atoms with Crippen molar-refractivity contribution >= 4 is 44.6 Å². The molecule has 0 spiro atoms. The lowest BCUT2D eigenvalue weighted by Crippen LogP contribution is -2.24. The number of rotatable bonds is 13. The van der Waals surface area contributed by atoms with Crippen LogP contribution in [-0.4, -0.2) is 66.2 Å². The van der Waals surface area contributed by atoms with E-state index in [1.165, 1.54) is 24.8 Å². The molecule has 0 bridgehead atoms. The van der Waals surface area contributed by atoms with Gasteiger partial charge in [0.05, 0.1) is 17.7 Å². The number of carboxylic acid groups (broad SMARTS) is 1. The first-order valence-corrected chi connectivity index (χ1v) is 16.0. The van der Waals surface area contributed by atoms with Crippen LogP contribution in [0.4, 0.5) is 17.2 Å². The van der Waals surface area contributed by atoms with E-state index < -0.39 is 10.0 Å². The van der Waals surface area contributed by atoms with Crippen molar-refractivity contribution in [2.45, 2.75) is 31.7 Å². The van der Waals surface area contributed by atoms with Gasteiger partial charge in [0.25, 0.3) is 16.5 Å². The topological polar surface area (TPSA) is 139 Å². The molecule has 2 heterocycles. The molecule has 11 nitrogen and oxygen atoms in total. The van der Waals surface area contributed by atoms with Gasteiger partial charge in [-0.2, -0.15) is 0 Å². The minimum Gasteiger partial charge on any atom is -0.497 e. The first-order valence-electron chi connectivity index (χ1n) is 14.6. The SMILES string of the molecule is CCN(CC)CCCn1cc(-c2cc(Nc3ccc(NS(=O)(=O)c4ccc(OC)cc4)cc3)ncn2)c2ccccc21.O=CO. The number of sulfonamides is 1. The van der Waals surface area contributed by atoms with Crippen LogP contribution in [0.1, 0.15) is 20.3 Å². The third-order valence-corrected chi connectivity index (χ3v) is 8.68. The Morgan fingerprint density at radius 1 is 0.956 bits per heavy atom. The van der Waals surface area contributed by atoms with Crippen LogP contribution < -0.4 is 14.8 Å². The highest BCUT2D eigenvalue weighted by Crippen LogP contribution is 2.31. The summed E-state index contributed by atoms with van der Waals surface area (Å²) < 4.78 is 35.6. The molecule has 3 aromatic carbocycles. The highest BCUT2D eigenvalue weighted by molar-refractivity contribution is 7.92. The lowest BCUT2D eigenvalue weighted by atomic mass is 10.1. The van der Waals surface area contributed by atoms with E-state index in [1.54, 1.807) is 42.7 Å². The van der Waals surface area contributed by atoms with Crippen LogP contribution in [0.25, 0.3) is 22.2 Å². The van der Waals surface area contributed by atoms with Crippen LogP contribution in [0.2, 0.25) is 0 Å². The van der Waals surface area contributed by atoms with E-state index in [2.05, 4.69) is 73.8 Å². The summed E-state index contributed by atoms with van der Waals surface area (Å²) in [6.07, 6.45) is 4.81. The number of nitrogens with one attached hydrogen (secondary N) is 2. The second-order valence-corrected chi connectivity index (χ2v) is 11.7. The number of hydrogen-bond donors (Lipinski definition) is 3. The van der Waals surface area contributed by atoms with Gasteiger partial charge in [-0.05, 0) is 80.7 Å². The summed E-state index contributed by atoms with van der Waals surface area (Å²) in [5.41, 5.74) is 4.30. The van der Waals surface area contributed by atoms with Gasteiger partial charge in [-0.25, -0.2) is 18.4 Å². The maximum absolute atomic E-state index is 12.8. The van der Waals surface area contributed by atoms with Gasteiger partial charge in [0, 0.05) is 46.6 Å². The number of para-hydroxylation sites is 1. The van der Waals surface area contributed by atoms with E-state index >= 15 is 0 Å². The Morgan fingerprint density at radius 2 is 1.62 bits per heavy atom. The van der Waals surface area contributed by atoms with Crippen LogP contribution in [0.3, 0.4) is 0 Å². The smallest absolute Gasteiger partial charge is 0.290 e. The molecule has 0 atom stereocenters. The molecule has 0 unspecified atom stereocenters. The Hall–Kier alpha value is -4.94. The molecule has 0 radical (unpaired) electrons. The third kappa shape index (κ3) is 8.58. The van der Waals surface area contributed by atoms with E-state index in [0.29, 0.717) is 17.3 Å². The average molecular weight is 631 g/mol. The maximum atomic E-state index is 12.8. The molecule has 0 amide bonds. The Balaban J connectivity index is 0.00000148. The zero-order chi connectivity index (χ0) is 32.2. The normalized spacial score (nSPS) is 11.1. The summed E-state index contributed by atoms with van der Waals surface area (Å²) in [6, 6.07) is 23.6. The molecule has 0 aliphatic rings. The van der Waals surface area contributed by atoms with Crippen molar-refractivity contribution in [2.24, 2.45) is 0 Å². The van der Waals surface area contributed by atoms with Gasteiger partial charge in [0.2, 0.25) is 0 Å². The number of fused-ring (bicyclic) bond motifs is 1. The number of hydrogen-bond acceptors (Lipinski definition) is 8. The summed E-state index contributed by atoms with van der Waals surface area (Å²) in [7, 11) is -2.19. The molecule has 0 saturated carbocycles. The molecule has 0 saturated heterocycles. The standard InChI is InChI=1S/C32H36N6O3S.CH2O2/c1-4-37(5-2)19-8-20-38-22-29(28-9-6-7-10-31(28)38)30-21-32(34-23-33-30)35-24-11-13-25(14-12-24)36-42(39,40)27-17-15-26(41-3)16-18-27;2-1-3/h6-7,9-18,21-23,36H,4-5,8,19-20H2,1-3H3,(H,33,34,35);1H,(H,2,3). The van der Waals surface area contributed by atoms with Crippen molar-refractivity contribution in [2.75, 3.05) is 36.8 Å². The number of methoxy groups -OCH3 is 1. The number of aromatic nitrogens is 3. The Morgan fingerprint density at radius 3 is 2.29 bits per heavy atom. The summed E-state index contributed by atoms with van der Waals surface area (Å²) in [6.45, 7) is 8.28. The van der Waals surface area contributed by atoms with E-state index in [4.69, 9.17) is 14.6 Å². The molecular weight excluding hydrogens is 592 g/mol. The molecule has 5 rings (SSSR count). The molecule has 0 aliphatic carbocycles. The fourth-order valence-corrected chi connectivity index (χ4v) is 6.01. The number of ether oxygens (including phenoxy) is 1. The van der Waals surface area contributed by atoms with Gasteiger partial charge >= 0.3 is 0 Å². The first kappa shape index (κ1) is 33.0. The Labute approximate surface area is 263 Å². The van der Waals surface area contributed by atoms with E-state index in [1.807, 2.05) is 6.07 Å². The van der Waals surface area contributed by atoms with Gasteiger partial charge in [-0.3, -0.25) is 9.52 Å². The zero-order valence-corrected chi connectivity index (χ0v) is 26.4. The summed E-state index contributed by atoms with van der Waals surface area (Å²) in [5, 5.41) is 11.3. The number of benzene rings is 3. The molecule has 45 heavy (non-hydrogen) atoms. The highest BCUT2D eigenvalue weighted by Gasteiger charge is 2.15.